The van der Waals surface area contributed by atoms with E-state index in [1.807, 2.05) is 71.6 Å². The molecule has 3 aromatic rings. The monoisotopic (exact) mass is 507 g/mol. The summed E-state index contributed by atoms with van der Waals surface area (Å²) in [5.74, 6) is -0.540. The normalized spacial score (nSPS) is 17.8. The van der Waals surface area contributed by atoms with Crippen LogP contribution in [0.4, 0.5) is 16.2 Å². The van der Waals surface area contributed by atoms with E-state index < -0.39 is 5.44 Å². The maximum absolute atomic E-state index is 13.2. The highest BCUT2D eigenvalue weighted by Gasteiger charge is 2.40. The number of hydrogen-bond acceptors (Lipinski definition) is 6. The number of carbonyl (C=O) groups is 3. The number of imide groups is 1. The Balaban J connectivity index is 1.25. The van der Waals surface area contributed by atoms with Crippen molar-refractivity contribution in [3.63, 3.8) is 0 Å². The Kier molecular flexibility index (Phi) is 6.77. The third-order valence-corrected chi connectivity index (χ3v) is 7.07. The SMILES string of the molecule is O=C1c2cc(Cl)ccc2N(c2ccccc2)CN1CCOC1SC(=O)N(Cc2ccccc2)C1=O. The fraction of sp³-hybridized carbons (Fsp3) is 0.192. The molecule has 0 aliphatic carbocycles. The maximum atomic E-state index is 13.2. The second-order valence-corrected chi connectivity index (χ2v) is 9.58. The number of amides is 3. The minimum absolute atomic E-state index is 0.111. The molecule has 1 atom stereocenters. The lowest BCUT2D eigenvalue weighted by Gasteiger charge is -2.38. The highest BCUT2D eigenvalue weighted by atomic mass is 35.5. The van der Waals surface area contributed by atoms with Gasteiger partial charge in [0, 0.05) is 17.3 Å². The lowest BCUT2D eigenvalue weighted by molar-refractivity contribution is -0.134. The molecule has 178 valence electrons. The number of benzene rings is 3. The van der Waals surface area contributed by atoms with Crippen molar-refractivity contribution < 1.29 is 19.1 Å². The third-order valence-electron chi connectivity index (χ3n) is 5.86. The van der Waals surface area contributed by atoms with E-state index >= 15 is 0 Å². The van der Waals surface area contributed by atoms with Gasteiger partial charge >= 0.3 is 0 Å². The van der Waals surface area contributed by atoms with E-state index in [0.29, 0.717) is 17.3 Å². The fourth-order valence-corrected chi connectivity index (χ4v) is 5.13. The van der Waals surface area contributed by atoms with Crippen LogP contribution in [0.2, 0.25) is 5.02 Å². The van der Waals surface area contributed by atoms with E-state index in [4.69, 9.17) is 16.3 Å². The number of anilines is 2. The number of fused-ring (bicyclic) bond motifs is 1. The summed E-state index contributed by atoms with van der Waals surface area (Å²) in [6, 6.07) is 24.4. The zero-order chi connectivity index (χ0) is 24.4. The molecule has 2 aliphatic heterocycles. The number of halogens is 1. The first-order valence-electron chi connectivity index (χ1n) is 11.1. The average molecular weight is 508 g/mol. The van der Waals surface area contributed by atoms with Gasteiger partial charge in [0.15, 0.2) is 5.44 Å². The molecule has 0 spiro atoms. The summed E-state index contributed by atoms with van der Waals surface area (Å²) in [6.07, 6.45) is 0. The molecular weight excluding hydrogens is 486 g/mol. The van der Waals surface area contributed by atoms with Crippen molar-refractivity contribution in [1.29, 1.82) is 0 Å². The van der Waals surface area contributed by atoms with E-state index in [2.05, 4.69) is 0 Å². The molecule has 0 bridgehead atoms. The van der Waals surface area contributed by atoms with Crippen LogP contribution in [0.15, 0.2) is 78.9 Å². The van der Waals surface area contributed by atoms with Gasteiger partial charge in [-0.3, -0.25) is 19.3 Å². The summed E-state index contributed by atoms with van der Waals surface area (Å²) in [5.41, 5.74) is 2.18. The number of para-hydroxylation sites is 1. The topological polar surface area (TPSA) is 70.2 Å². The number of ether oxygens (including phenoxy) is 1. The summed E-state index contributed by atoms with van der Waals surface area (Å²) >= 11 is 7.04. The van der Waals surface area contributed by atoms with Gasteiger partial charge in [-0.2, -0.15) is 0 Å². The molecule has 0 aromatic heterocycles. The van der Waals surface area contributed by atoms with Gasteiger partial charge in [0.05, 0.1) is 31.1 Å². The van der Waals surface area contributed by atoms with Crippen LogP contribution in [0.5, 0.6) is 0 Å². The predicted octanol–water partition coefficient (Wildman–Crippen LogP) is 5.13. The fourth-order valence-electron chi connectivity index (χ4n) is 4.10. The van der Waals surface area contributed by atoms with Crippen LogP contribution in [0, 0.1) is 0 Å². The molecule has 2 aliphatic rings. The van der Waals surface area contributed by atoms with Gasteiger partial charge in [-0.1, -0.05) is 60.1 Å². The van der Waals surface area contributed by atoms with Gasteiger partial charge in [-0.15, -0.1) is 0 Å². The van der Waals surface area contributed by atoms with Crippen molar-refractivity contribution in [1.82, 2.24) is 9.80 Å². The Hall–Kier alpha value is -3.33. The smallest absolute Gasteiger partial charge is 0.291 e. The largest absolute Gasteiger partial charge is 0.355 e. The van der Waals surface area contributed by atoms with Gasteiger partial charge in [0.2, 0.25) is 0 Å². The minimum atomic E-state index is -0.918. The number of hydrogen-bond donors (Lipinski definition) is 0. The molecule has 3 amide bonds. The molecule has 1 saturated heterocycles. The van der Waals surface area contributed by atoms with Gasteiger partial charge in [-0.25, -0.2) is 0 Å². The van der Waals surface area contributed by atoms with E-state index in [0.717, 1.165) is 28.7 Å². The molecule has 35 heavy (non-hydrogen) atoms. The van der Waals surface area contributed by atoms with Gasteiger partial charge < -0.3 is 14.5 Å². The zero-order valence-corrected chi connectivity index (χ0v) is 20.2. The molecule has 9 heteroatoms. The predicted molar refractivity (Wildman–Crippen MR) is 136 cm³/mol. The van der Waals surface area contributed by atoms with E-state index in [1.54, 1.807) is 17.0 Å². The molecule has 3 aromatic carbocycles. The van der Waals surface area contributed by atoms with Gasteiger partial charge in [0.25, 0.3) is 17.1 Å². The first-order chi connectivity index (χ1) is 17.0. The Labute approximate surface area is 212 Å². The molecule has 1 unspecified atom stereocenters. The van der Waals surface area contributed by atoms with Gasteiger partial charge in [0.1, 0.15) is 0 Å². The van der Waals surface area contributed by atoms with Crippen molar-refractivity contribution >= 4 is 51.8 Å². The van der Waals surface area contributed by atoms with Gasteiger partial charge in [-0.05, 0) is 47.7 Å². The van der Waals surface area contributed by atoms with Crippen LogP contribution in [-0.4, -0.2) is 52.1 Å². The molecule has 2 heterocycles. The van der Waals surface area contributed by atoms with Crippen LogP contribution < -0.4 is 4.90 Å². The van der Waals surface area contributed by atoms with Crippen LogP contribution in [0.3, 0.4) is 0 Å². The van der Waals surface area contributed by atoms with Crippen LogP contribution in [-0.2, 0) is 16.1 Å². The number of rotatable bonds is 7. The number of thioether (sulfide) groups is 1. The summed E-state index contributed by atoms with van der Waals surface area (Å²) in [7, 11) is 0. The van der Waals surface area contributed by atoms with E-state index in [1.165, 1.54) is 4.90 Å². The van der Waals surface area contributed by atoms with E-state index in [-0.39, 0.29) is 36.7 Å². The average Bonchev–Trinajstić information content (AvgIpc) is 3.14. The van der Waals surface area contributed by atoms with Crippen molar-refractivity contribution in [3.8, 4) is 0 Å². The molecular formula is C26H22ClN3O4S. The Morgan fingerprint density at radius 3 is 2.40 bits per heavy atom. The Morgan fingerprint density at radius 2 is 1.66 bits per heavy atom. The standard InChI is InChI=1S/C26H22ClN3O4S/c27-19-11-12-22-21(15-19)23(31)28(17-30(22)20-9-5-2-6-10-20)13-14-34-25-24(32)29(26(33)35-25)16-18-7-3-1-4-8-18/h1-12,15,25H,13-14,16-17H2. The van der Waals surface area contributed by atoms with Crippen molar-refractivity contribution in [3.05, 3.63) is 95.0 Å². The highest BCUT2D eigenvalue weighted by Crippen LogP contribution is 2.35. The quantitative estimate of drug-likeness (QED) is 0.441. The van der Waals surface area contributed by atoms with Crippen molar-refractivity contribution in [2.24, 2.45) is 0 Å². The van der Waals surface area contributed by atoms with Crippen molar-refractivity contribution in [2.45, 2.75) is 12.0 Å². The second kappa shape index (κ2) is 10.1. The number of nitrogens with zero attached hydrogens (tertiary/aromatic N) is 3. The Morgan fingerprint density at radius 1 is 0.943 bits per heavy atom. The Bertz CT molecular complexity index is 1260. The summed E-state index contributed by atoms with van der Waals surface area (Å²) in [6.45, 7) is 0.899. The zero-order valence-electron chi connectivity index (χ0n) is 18.7. The van der Waals surface area contributed by atoms with Crippen LogP contribution in [0.25, 0.3) is 0 Å². The highest BCUT2D eigenvalue weighted by molar-refractivity contribution is 8.15. The summed E-state index contributed by atoms with van der Waals surface area (Å²) in [4.78, 5) is 43.2. The van der Waals surface area contributed by atoms with Crippen molar-refractivity contribution in [2.75, 3.05) is 24.7 Å². The molecule has 1 fully saturated rings. The van der Waals surface area contributed by atoms with Crippen LogP contribution >= 0.6 is 23.4 Å². The molecule has 5 rings (SSSR count). The first-order valence-corrected chi connectivity index (χ1v) is 12.4. The number of carbonyl (C=O) groups excluding carboxylic acids is 3. The lowest BCUT2D eigenvalue weighted by Crippen LogP contribution is -2.46. The van der Waals surface area contributed by atoms with Crippen LogP contribution in [0.1, 0.15) is 15.9 Å². The molecule has 7 nitrogen and oxygen atoms in total. The molecule has 0 saturated carbocycles. The maximum Gasteiger partial charge on any atom is 0.291 e. The second-order valence-electron chi connectivity index (χ2n) is 8.13. The summed E-state index contributed by atoms with van der Waals surface area (Å²) < 4.78 is 5.77. The van der Waals surface area contributed by atoms with E-state index in [9.17, 15) is 14.4 Å². The molecule has 0 radical (unpaired) electrons. The first kappa shape index (κ1) is 23.4. The minimum Gasteiger partial charge on any atom is -0.355 e. The summed E-state index contributed by atoms with van der Waals surface area (Å²) in [5, 5.41) is 0.143. The molecule has 0 N–H and O–H groups in total. The lowest BCUT2D eigenvalue weighted by atomic mass is 10.1. The third kappa shape index (κ3) is 4.91.